The first kappa shape index (κ1) is 14.6. The molecule has 0 aliphatic heterocycles. The number of hydrogen-bond donors (Lipinski definition) is 1. The van der Waals surface area contributed by atoms with Crippen LogP contribution >= 0.6 is 0 Å². The summed E-state index contributed by atoms with van der Waals surface area (Å²) in [6, 6.07) is 7.70. The van der Waals surface area contributed by atoms with E-state index in [2.05, 4.69) is 30.5 Å². The first-order chi connectivity index (χ1) is 9.66. The molecular formula is C18H23NO. The van der Waals surface area contributed by atoms with Gasteiger partial charge >= 0.3 is 0 Å². The average molecular weight is 269 g/mol. The SMILES string of the molecule is Cc1cccc(C(=O)NC[C@H](C)C2=CCCCC=C2)c1. The molecule has 0 saturated carbocycles. The first-order valence-corrected chi connectivity index (χ1v) is 7.38. The Balaban J connectivity index is 1.91. The van der Waals surface area contributed by atoms with Crippen molar-refractivity contribution < 1.29 is 4.79 Å². The third-order valence-electron chi connectivity index (χ3n) is 3.68. The lowest BCUT2D eigenvalue weighted by molar-refractivity contribution is 0.0950. The monoisotopic (exact) mass is 269 g/mol. The molecule has 1 aliphatic rings. The molecule has 1 N–H and O–H groups in total. The molecule has 0 bridgehead atoms. The van der Waals surface area contributed by atoms with Gasteiger partial charge in [0, 0.05) is 12.1 Å². The minimum atomic E-state index is 0.0127. The second kappa shape index (κ2) is 7.09. The maximum atomic E-state index is 12.1. The van der Waals surface area contributed by atoms with Gasteiger partial charge in [-0.1, -0.05) is 42.8 Å². The number of allylic oxidation sites excluding steroid dienone is 3. The van der Waals surface area contributed by atoms with Gasteiger partial charge in [-0.3, -0.25) is 4.79 Å². The molecule has 0 spiro atoms. The van der Waals surface area contributed by atoms with Crippen LogP contribution in [0.4, 0.5) is 0 Å². The molecule has 1 atom stereocenters. The molecule has 1 aromatic rings. The number of benzene rings is 1. The van der Waals surface area contributed by atoms with Gasteiger partial charge in [-0.25, -0.2) is 0 Å². The summed E-state index contributed by atoms with van der Waals surface area (Å²) in [6.45, 7) is 4.85. The molecule has 20 heavy (non-hydrogen) atoms. The molecule has 2 nitrogen and oxygen atoms in total. The van der Waals surface area contributed by atoms with E-state index >= 15 is 0 Å². The minimum Gasteiger partial charge on any atom is -0.351 e. The van der Waals surface area contributed by atoms with Crippen molar-refractivity contribution in [3.63, 3.8) is 0 Å². The van der Waals surface area contributed by atoms with Crippen molar-refractivity contribution in [2.45, 2.75) is 33.1 Å². The van der Waals surface area contributed by atoms with Gasteiger partial charge in [-0.05, 0) is 49.8 Å². The van der Waals surface area contributed by atoms with E-state index in [0.29, 0.717) is 12.5 Å². The second-order valence-corrected chi connectivity index (χ2v) is 5.52. The zero-order valence-corrected chi connectivity index (χ0v) is 12.4. The second-order valence-electron chi connectivity index (χ2n) is 5.52. The van der Waals surface area contributed by atoms with E-state index in [0.717, 1.165) is 24.0 Å². The molecule has 1 aromatic carbocycles. The summed E-state index contributed by atoms with van der Waals surface area (Å²) >= 11 is 0. The summed E-state index contributed by atoms with van der Waals surface area (Å²) in [6.07, 6.45) is 10.3. The Morgan fingerprint density at radius 2 is 2.20 bits per heavy atom. The maximum Gasteiger partial charge on any atom is 0.251 e. The molecule has 0 unspecified atom stereocenters. The lowest BCUT2D eigenvalue weighted by Gasteiger charge is -2.14. The summed E-state index contributed by atoms with van der Waals surface area (Å²) in [7, 11) is 0. The smallest absolute Gasteiger partial charge is 0.251 e. The molecule has 2 heteroatoms. The largest absolute Gasteiger partial charge is 0.351 e. The van der Waals surface area contributed by atoms with E-state index in [1.807, 2.05) is 31.2 Å². The average Bonchev–Trinajstić information content (AvgIpc) is 2.73. The summed E-state index contributed by atoms with van der Waals surface area (Å²) in [5.41, 5.74) is 3.19. The Bertz CT molecular complexity index is 528. The van der Waals surface area contributed by atoms with E-state index < -0.39 is 0 Å². The van der Waals surface area contributed by atoms with Gasteiger partial charge in [-0.2, -0.15) is 0 Å². The zero-order chi connectivity index (χ0) is 14.4. The normalized spacial score (nSPS) is 16.2. The summed E-state index contributed by atoms with van der Waals surface area (Å²) in [4.78, 5) is 12.1. The van der Waals surface area contributed by atoms with Crippen LogP contribution in [0.25, 0.3) is 0 Å². The van der Waals surface area contributed by atoms with Crippen LogP contribution in [0.5, 0.6) is 0 Å². The van der Waals surface area contributed by atoms with Gasteiger partial charge in [0.2, 0.25) is 0 Å². The highest BCUT2D eigenvalue weighted by molar-refractivity contribution is 5.94. The number of carbonyl (C=O) groups is 1. The highest BCUT2D eigenvalue weighted by Gasteiger charge is 2.10. The predicted octanol–water partition coefficient (Wildman–Crippen LogP) is 4.03. The third kappa shape index (κ3) is 4.09. The fourth-order valence-corrected chi connectivity index (χ4v) is 2.41. The van der Waals surface area contributed by atoms with Gasteiger partial charge in [0.1, 0.15) is 0 Å². The van der Waals surface area contributed by atoms with Gasteiger partial charge in [0.15, 0.2) is 0 Å². The van der Waals surface area contributed by atoms with Gasteiger partial charge in [-0.15, -0.1) is 0 Å². The third-order valence-corrected chi connectivity index (χ3v) is 3.68. The topological polar surface area (TPSA) is 29.1 Å². The Hall–Kier alpha value is -1.83. The van der Waals surface area contributed by atoms with Crippen LogP contribution in [-0.4, -0.2) is 12.5 Å². The Morgan fingerprint density at radius 3 is 3.00 bits per heavy atom. The van der Waals surface area contributed by atoms with Gasteiger partial charge in [0.05, 0.1) is 0 Å². The number of hydrogen-bond acceptors (Lipinski definition) is 1. The van der Waals surface area contributed by atoms with Gasteiger partial charge < -0.3 is 5.32 Å². The van der Waals surface area contributed by atoms with E-state index in [-0.39, 0.29) is 5.91 Å². The Morgan fingerprint density at radius 1 is 1.35 bits per heavy atom. The van der Waals surface area contributed by atoms with E-state index in [1.54, 1.807) is 0 Å². The molecule has 1 amide bonds. The van der Waals surface area contributed by atoms with Crippen molar-refractivity contribution in [2.24, 2.45) is 5.92 Å². The van der Waals surface area contributed by atoms with Crippen molar-refractivity contribution in [1.29, 1.82) is 0 Å². The van der Waals surface area contributed by atoms with Gasteiger partial charge in [0.25, 0.3) is 5.91 Å². The lowest BCUT2D eigenvalue weighted by Crippen LogP contribution is -2.28. The van der Waals surface area contributed by atoms with Crippen LogP contribution in [0.3, 0.4) is 0 Å². The fourth-order valence-electron chi connectivity index (χ4n) is 2.41. The van der Waals surface area contributed by atoms with Crippen LogP contribution in [0.2, 0.25) is 0 Å². The molecule has 106 valence electrons. The number of rotatable bonds is 4. The number of aryl methyl sites for hydroxylation is 1. The van der Waals surface area contributed by atoms with Crippen LogP contribution in [0, 0.1) is 12.8 Å². The van der Waals surface area contributed by atoms with Crippen LogP contribution in [0.15, 0.2) is 48.1 Å². The number of amides is 1. The molecule has 0 saturated heterocycles. The molecule has 0 radical (unpaired) electrons. The van der Waals surface area contributed by atoms with E-state index in [4.69, 9.17) is 0 Å². The molecule has 0 heterocycles. The van der Waals surface area contributed by atoms with Crippen molar-refractivity contribution in [2.75, 3.05) is 6.54 Å². The molecular weight excluding hydrogens is 246 g/mol. The maximum absolute atomic E-state index is 12.1. The highest BCUT2D eigenvalue weighted by Crippen LogP contribution is 2.17. The van der Waals surface area contributed by atoms with Crippen molar-refractivity contribution in [3.05, 3.63) is 59.2 Å². The summed E-state index contributed by atoms with van der Waals surface area (Å²) in [5.74, 6) is 0.372. The van der Waals surface area contributed by atoms with Crippen LogP contribution in [0.1, 0.15) is 42.1 Å². The van der Waals surface area contributed by atoms with Crippen molar-refractivity contribution in [1.82, 2.24) is 5.32 Å². The highest BCUT2D eigenvalue weighted by atomic mass is 16.1. The Labute approximate surface area is 121 Å². The van der Waals surface area contributed by atoms with Crippen LogP contribution < -0.4 is 5.32 Å². The van der Waals surface area contributed by atoms with Crippen LogP contribution in [-0.2, 0) is 0 Å². The van der Waals surface area contributed by atoms with Crippen molar-refractivity contribution >= 4 is 5.91 Å². The fraction of sp³-hybridized carbons (Fsp3) is 0.389. The Kier molecular flexibility index (Phi) is 5.16. The number of carbonyl (C=O) groups excluding carboxylic acids is 1. The minimum absolute atomic E-state index is 0.0127. The molecule has 0 aromatic heterocycles. The zero-order valence-electron chi connectivity index (χ0n) is 12.4. The summed E-state index contributed by atoms with van der Waals surface area (Å²) < 4.78 is 0. The van der Waals surface area contributed by atoms with Crippen molar-refractivity contribution in [3.8, 4) is 0 Å². The first-order valence-electron chi connectivity index (χ1n) is 7.38. The van der Waals surface area contributed by atoms with E-state index in [1.165, 1.54) is 12.0 Å². The van der Waals surface area contributed by atoms with E-state index in [9.17, 15) is 4.79 Å². The predicted molar refractivity (Wildman–Crippen MR) is 83.8 cm³/mol. The number of nitrogens with one attached hydrogen (secondary N) is 1. The summed E-state index contributed by atoms with van der Waals surface area (Å²) in [5, 5.41) is 3.03. The lowest BCUT2D eigenvalue weighted by atomic mass is 10.00. The molecule has 2 rings (SSSR count). The standard InChI is InChI=1S/C18H23NO/c1-14-8-7-11-17(12-14)18(20)19-13-15(2)16-9-5-3-4-6-10-16/h5,7-12,15H,3-4,6,13H2,1-2H3,(H,19,20)/t15-/m0/s1. The molecule has 1 aliphatic carbocycles. The molecule has 0 fully saturated rings. The quantitative estimate of drug-likeness (QED) is 0.878.